The molecule has 2 aromatic rings. The summed E-state index contributed by atoms with van der Waals surface area (Å²) in [6.45, 7) is 3.76. The van der Waals surface area contributed by atoms with Gasteiger partial charge in [-0.25, -0.2) is 8.42 Å². The van der Waals surface area contributed by atoms with Crippen molar-refractivity contribution in [2.75, 3.05) is 18.0 Å². The second-order valence-corrected chi connectivity index (χ2v) is 7.52. The number of ether oxygens (including phenoxy) is 1. The summed E-state index contributed by atoms with van der Waals surface area (Å²) in [7, 11) is -2.21. The summed E-state index contributed by atoms with van der Waals surface area (Å²) in [6, 6.07) is 9.64. The Morgan fingerprint density at radius 3 is 2.43 bits per heavy atom. The zero-order chi connectivity index (χ0) is 17.2. The van der Waals surface area contributed by atoms with Gasteiger partial charge < -0.3 is 4.74 Å². The summed E-state index contributed by atoms with van der Waals surface area (Å²) >= 11 is 12.2. The molecule has 0 unspecified atom stereocenters. The minimum absolute atomic E-state index is 0.175. The number of hydrogen-bond donors (Lipinski definition) is 0. The van der Waals surface area contributed by atoms with E-state index in [0.717, 1.165) is 5.56 Å². The molecule has 0 amide bonds. The molecule has 2 aromatic carbocycles. The molecule has 0 saturated heterocycles. The fourth-order valence-electron chi connectivity index (χ4n) is 2.29. The lowest BCUT2D eigenvalue weighted by molar-refractivity contribution is 0.411. The van der Waals surface area contributed by atoms with Gasteiger partial charge in [0.15, 0.2) is 0 Å². The molecule has 2 rings (SSSR count). The average molecular weight is 374 g/mol. The molecule has 0 atom stereocenters. The van der Waals surface area contributed by atoms with E-state index in [0.29, 0.717) is 16.5 Å². The number of rotatable bonds is 5. The minimum Gasteiger partial charge on any atom is -0.496 e. The first-order chi connectivity index (χ1) is 10.8. The first kappa shape index (κ1) is 17.9. The molecule has 124 valence electrons. The van der Waals surface area contributed by atoms with Crippen LogP contribution in [-0.4, -0.2) is 22.1 Å². The van der Waals surface area contributed by atoms with Gasteiger partial charge in [-0.1, -0.05) is 29.3 Å². The number of methoxy groups -OCH3 is 1. The van der Waals surface area contributed by atoms with Gasteiger partial charge >= 0.3 is 0 Å². The zero-order valence-electron chi connectivity index (χ0n) is 13.0. The monoisotopic (exact) mass is 373 g/mol. The lowest BCUT2D eigenvalue weighted by atomic mass is 10.2. The molecule has 0 radical (unpaired) electrons. The number of hydrogen-bond acceptors (Lipinski definition) is 3. The van der Waals surface area contributed by atoms with Crippen LogP contribution in [0.1, 0.15) is 12.5 Å². The van der Waals surface area contributed by atoms with Gasteiger partial charge in [0.1, 0.15) is 5.75 Å². The molecule has 0 spiro atoms. The van der Waals surface area contributed by atoms with Crippen molar-refractivity contribution in [2.45, 2.75) is 18.7 Å². The quantitative estimate of drug-likeness (QED) is 0.773. The molecule has 23 heavy (non-hydrogen) atoms. The van der Waals surface area contributed by atoms with E-state index >= 15 is 0 Å². The summed E-state index contributed by atoms with van der Waals surface area (Å²) in [5, 5.41) is 0.522. The molecule has 0 bridgehead atoms. The summed E-state index contributed by atoms with van der Waals surface area (Å²) in [5.41, 5.74) is 1.09. The number of anilines is 1. The van der Waals surface area contributed by atoms with Crippen LogP contribution >= 0.6 is 23.2 Å². The average Bonchev–Trinajstić information content (AvgIpc) is 2.51. The van der Waals surface area contributed by atoms with Crippen molar-refractivity contribution in [3.63, 3.8) is 0 Å². The largest absolute Gasteiger partial charge is 0.496 e. The second kappa shape index (κ2) is 6.99. The third-order valence-electron chi connectivity index (χ3n) is 3.44. The van der Waals surface area contributed by atoms with E-state index in [4.69, 9.17) is 27.9 Å². The Morgan fingerprint density at radius 2 is 1.87 bits per heavy atom. The van der Waals surface area contributed by atoms with E-state index in [1.165, 1.54) is 10.4 Å². The first-order valence-electron chi connectivity index (χ1n) is 6.94. The SMILES string of the molecule is CCN(c1cccc(Cl)c1Cl)S(=O)(=O)c1ccc(OC)c(C)c1. The van der Waals surface area contributed by atoms with Gasteiger partial charge in [0.2, 0.25) is 0 Å². The van der Waals surface area contributed by atoms with Crippen molar-refractivity contribution >= 4 is 38.9 Å². The topological polar surface area (TPSA) is 46.6 Å². The molecule has 0 saturated carbocycles. The van der Waals surface area contributed by atoms with Gasteiger partial charge in [0.25, 0.3) is 10.0 Å². The Balaban J connectivity index is 2.56. The molecule has 0 heterocycles. The van der Waals surface area contributed by atoms with E-state index in [9.17, 15) is 8.42 Å². The van der Waals surface area contributed by atoms with Crippen LogP contribution in [0.3, 0.4) is 0 Å². The van der Waals surface area contributed by atoms with Gasteiger partial charge in [-0.3, -0.25) is 4.31 Å². The summed E-state index contributed by atoms with van der Waals surface area (Å²) in [5.74, 6) is 0.632. The van der Waals surface area contributed by atoms with Gasteiger partial charge in [-0.05, 0) is 49.7 Å². The van der Waals surface area contributed by atoms with Crippen LogP contribution in [0.25, 0.3) is 0 Å². The van der Waals surface area contributed by atoms with Gasteiger partial charge in [-0.15, -0.1) is 0 Å². The molecule has 0 aliphatic heterocycles. The van der Waals surface area contributed by atoms with E-state index in [1.54, 1.807) is 51.3 Å². The lowest BCUT2D eigenvalue weighted by Gasteiger charge is -2.24. The molecular formula is C16H17Cl2NO3S. The Morgan fingerprint density at radius 1 is 1.17 bits per heavy atom. The Labute approximate surface area is 146 Å². The number of nitrogens with zero attached hydrogens (tertiary/aromatic N) is 1. The summed E-state index contributed by atoms with van der Waals surface area (Å²) in [4.78, 5) is 0.175. The van der Waals surface area contributed by atoms with Crippen LogP contribution < -0.4 is 9.04 Å². The highest BCUT2D eigenvalue weighted by Crippen LogP contribution is 2.35. The van der Waals surface area contributed by atoms with Crippen molar-refractivity contribution < 1.29 is 13.2 Å². The minimum atomic E-state index is -3.76. The normalized spacial score (nSPS) is 11.3. The summed E-state index contributed by atoms with van der Waals surface area (Å²) < 4.78 is 32.3. The number of sulfonamides is 1. The molecule has 0 aliphatic rings. The van der Waals surface area contributed by atoms with Crippen LogP contribution in [0.15, 0.2) is 41.3 Å². The molecule has 7 heteroatoms. The van der Waals surface area contributed by atoms with Gasteiger partial charge in [0.05, 0.1) is 27.7 Å². The maximum absolute atomic E-state index is 13.0. The standard InChI is InChI=1S/C16H17Cl2NO3S/c1-4-19(14-7-5-6-13(17)16(14)18)23(20,21)12-8-9-15(22-3)11(2)10-12/h5-10H,4H2,1-3H3. The van der Waals surface area contributed by atoms with Crippen LogP contribution in [0.5, 0.6) is 5.75 Å². The predicted octanol–water partition coefficient (Wildman–Crippen LogP) is 4.53. The third-order valence-corrected chi connectivity index (χ3v) is 6.14. The van der Waals surface area contributed by atoms with Crippen LogP contribution in [0.4, 0.5) is 5.69 Å². The van der Waals surface area contributed by atoms with Crippen molar-refractivity contribution in [1.82, 2.24) is 0 Å². The Hall–Kier alpha value is -1.43. The molecule has 0 fully saturated rings. The Bertz CT molecular complexity index is 822. The highest BCUT2D eigenvalue weighted by molar-refractivity contribution is 7.92. The number of aryl methyl sites for hydroxylation is 1. The highest BCUT2D eigenvalue weighted by atomic mass is 35.5. The fourth-order valence-corrected chi connectivity index (χ4v) is 4.31. The number of halogens is 2. The second-order valence-electron chi connectivity index (χ2n) is 4.87. The van der Waals surface area contributed by atoms with Crippen molar-refractivity contribution in [3.8, 4) is 5.75 Å². The molecule has 4 nitrogen and oxygen atoms in total. The van der Waals surface area contributed by atoms with Crippen LogP contribution in [-0.2, 0) is 10.0 Å². The smallest absolute Gasteiger partial charge is 0.264 e. The Kier molecular flexibility index (Phi) is 5.45. The fraction of sp³-hybridized carbons (Fsp3) is 0.250. The molecule has 0 aromatic heterocycles. The van der Waals surface area contributed by atoms with E-state index in [2.05, 4.69) is 0 Å². The zero-order valence-corrected chi connectivity index (χ0v) is 15.3. The van der Waals surface area contributed by atoms with Crippen LogP contribution in [0.2, 0.25) is 10.0 Å². The first-order valence-corrected chi connectivity index (χ1v) is 9.14. The van der Waals surface area contributed by atoms with Crippen molar-refractivity contribution in [3.05, 3.63) is 52.0 Å². The predicted molar refractivity (Wildman–Crippen MR) is 94.4 cm³/mol. The van der Waals surface area contributed by atoms with E-state index < -0.39 is 10.0 Å². The maximum atomic E-state index is 13.0. The molecule has 0 aliphatic carbocycles. The molecule has 0 N–H and O–H groups in total. The third kappa shape index (κ3) is 3.42. The number of benzene rings is 2. The van der Waals surface area contributed by atoms with Gasteiger partial charge in [-0.2, -0.15) is 0 Å². The highest BCUT2D eigenvalue weighted by Gasteiger charge is 2.26. The molecular weight excluding hydrogens is 357 g/mol. The van der Waals surface area contributed by atoms with E-state index in [1.807, 2.05) is 0 Å². The van der Waals surface area contributed by atoms with E-state index in [-0.39, 0.29) is 16.5 Å². The lowest BCUT2D eigenvalue weighted by Crippen LogP contribution is -2.31. The summed E-state index contributed by atoms with van der Waals surface area (Å²) in [6.07, 6.45) is 0. The van der Waals surface area contributed by atoms with Crippen molar-refractivity contribution in [1.29, 1.82) is 0 Å². The van der Waals surface area contributed by atoms with Gasteiger partial charge in [0, 0.05) is 6.54 Å². The van der Waals surface area contributed by atoms with Crippen LogP contribution in [0, 0.1) is 6.92 Å². The van der Waals surface area contributed by atoms with Crippen molar-refractivity contribution in [2.24, 2.45) is 0 Å². The maximum Gasteiger partial charge on any atom is 0.264 e.